The zero-order valence-corrected chi connectivity index (χ0v) is 16.8. The van der Waals surface area contributed by atoms with Gasteiger partial charge in [-0.2, -0.15) is 0 Å². The predicted octanol–water partition coefficient (Wildman–Crippen LogP) is 2.48. The summed E-state index contributed by atoms with van der Waals surface area (Å²) in [7, 11) is 3.28. The van der Waals surface area contributed by atoms with Crippen LogP contribution < -0.4 is 20.3 Å². The molecule has 144 valence electrons. The van der Waals surface area contributed by atoms with Crippen LogP contribution in [0.4, 0.5) is 11.4 Å². The van der Waals surface area contributed by atoms with Crippen LogP contribution in [0, 0.1) is 0 Å². The number of methoxy groups -OCH3 is 1. The van der Waals surface area contributed by atoms with E-state index in [1.165, 1.54) is 7.11 Å². The van der Waals surface area contributed by atoms with Crippen molar-refractivity contribution in [1.29, 1.82) is 0 Å². The van der Waals surface area contributed by atoms with Crippen LogP contribution in [0.5, 0.6) is 5.75 Å². The molecule has 2 atom stereocenters. The first-order chi connectivity index (χ1) is 12.8. The first-order valence-electron chi connectivity index (χ1n) is 8.33. The van der Waals surface area contributed by atoms with E-state index in [9.17, 15) is 9.59 Å². The molecule has 0 aliphatic rings. The Balaban J connectivity index is 1.97. The third-order valence-electron chi connectivity index (χ3n) is 4.14. The maximum Gasteiger partial charge on any atom is 0.282 e. The second kappa shape index (κ2) is 9.60. The molecular weight excluding hydrogens is 389 g/mol. The highest BCUT2D eigenvalue weighted by molar-refractivity contribution is 6.33. The van der Waals surface area contributed by atoms with E-state index < -0.39 is 6.04 Å². The molecule has 0 bridgehead atoms. The van der Waals surface area contributed by atoms with Gasteiger partial charge in [-0.15, -0.1) is 0 Å². The van der Waals surface area contributed by atoms with E-state index in [0.717, 1.165) is 4.90 Å². The van der Waals surface area contributed by atoms with Gasteiger partial charge in [0.25, 0.3) is 11.8 Å². The van der Waals surface area contributed by atoms with Gasteiger partial charge >= 0.3 is 0 Å². The quantitative estimate of drug-likeness (QED) is 0.656. The number of halogens is 2. The minimum Gasteiger partial charge on any atom is -0.495 e. The van der Waals surface area contributed by atoms with Gasteiger partial charge in [-0.25, -0.2) is 0 Å². The molecule has 0 spiro atoms. The molecule has 0 aliphatic heterocycles. The Kier molecular flexibility index (Phi) is 7.47. The highest BCUT2D eigenvalue weighted by atomic mass is 35.5. The topological polar surface area (TPSA) is 71.9 Å². The number of quaternary nitrogens is 1. The number of amides is 2. The fourth-order valence-electron chi connectivity index (χ4n) is 2.41. The highest BCUT2D eigenvalue weighted by Gasteiger charge is 2.25. The van der Waals surface area contributed by atoms with Crippen molar-refractivity contribution in [2.24, 2.45) is 0 Å². The lowest BCUT2D eigenvalue weighted by atomic mass is 10.2. The standard InChI is InChI=1S/C19H21Cl2N3O3/c1-12(19(26)23-16-10-13(20)8-9-17(16)27-3)24(2)11-18(25)22-15-7-5-4-6-14(15)21/h4-10,12H,11H2,1-3H3,(H,22,25)(H,23,26)/p+1/t12-/m0/s1. The normalized spacial score (nSPS) is 12.8. The van der Waals surface area contributed by atoms with Crippen molar-refractivity contribution >= 4 is 46.4 Å². The molecule has 3 N–H and O–H groups in total. The number of para-hydroxylation sites is 1. The van der Waals surface area contributed by atoms with Crippen LogP contribution in [0.2, 0.25) is 10.0 Å². The zero-order chi connectivity index (χ0) is 20.0. The number of carbonyl (C=O) groups is 2. The molecule has 0 heterocycles. The molecule has 1 unspecified atom stereocenters. The molecule has 0 radical (unpaired) electrons. The average molecular weight is 411 g/mol. The van der Waals surface area contributed by atoms with Gasteiger partial charge in [0.05, 0.1) is 30.6 Å². The number of benzene rings is 2. The zero-order valence-electron chi connectivity index (χ0n) is 15.3. The second-order valence-corrected chi connectivity index (χ2v) is 6.95. The molecule has 2 aromatic rings. The Morgan fingerprint density at radius 2 is 1.81 bits per heavy atom. The van der Waals surface area contributed by atoms with Crippen LogP contribution in [-0.2, 0) is 9.59 Å². The molecule has 2 rings (SSSR count). The Labute approximate surface area is 168 Å². The van der Waals surface area contributed by atoms with Gasteiger partial charge in [0.1, 0.15) is 5.75 Å². The maximum absolute atomic E-state index is 12.5. The lowest BCUT2D eigenvalue weighted by Crippen LogP contribution is -3.14. The monoisotopic (exact) mass is 410 g/mol. The number of hydrogen-bond acceptors (Lipinski definition) is 3. The van der Waals surface area contributed by atoms with Crippen molar-refractivity contribution in [3.05, 3.63) is 52.5 Å². The van der Waals surface area contributed by atoms with Crippen molar-refractivity contribution in [2.75, 3.05) is 31.3 Å². The number of carbonyl (C=O) groups excluding carboxylic acids is 2. The van der Waals surface area contributed by atoms with E-state index in [2.05, 4.69) is 10.6 Å². The summed E-state index contributed by atoms with van der Waals surface area (Å²) in [6, 6.07) is 11.5. The molecule has 0 aliphatic carbocycles. The Hall–Kier alpha value is -2.28. The van der Waals surface area contributed by atoms with Crippen LogP contribution >= 0.6 is 23.2 Å². The van der Waals surface area contributed by atoms with Crippen LogP contribution in [0.15, 0.2) is 42.5 Å². The number of rotatable bonds is 7. The van der Waals surface area contributed by atoms with Crippen molar-refractivity contribution in [1.82, 2.24) is 0 Å². The Morgan fingerprint density at radius 1 is 1.11 bits per heavy atom. The van der Waals surface area contributed by atoms with Gasteiger partial charge in [-0.3, -0.25) is 9.59 Å². The van der Waals surface area contributed by atoms with Crippen molar-refractivity contribution < 1.29 is 19.2 Å². The van der Waals surface area contributed by atoms with E-state index in [-0.39, 0.29) is 18.4 Å². The second-order valence-electron chi connectivity index (χ2n) is 6.11. The Bertz CT molecular complexity index is 830. The predicted molar refractivity (Wildman–Crippen MR) is 108 cm³/mol. The van der Waals surface area contributed by atoms with E-state index in [1.807, 2.05) is 0 Å². The lowest BCUT2D eigenvalue weighted by Gasteiger charge is -2.21. The fourth-order valence-corrected chi connectivity index (χ4v) is 2.76. The minimum atomic E-state index is -0.481. The summed E-state index contributed by atoms with van der Waals surface area (Å²) >= 11 is 12.0. The number of likely N-dealkylation sites (N-methyl/N-ethyl adjacent to an activating group) is 1. The van der Waals surface area contributed by atoms with Gasteiger partial charge in [0.15, 0.2) is 12.6 Å². The molecule has 0 saturated heterocycles. The van der Waals surface area contributed by atoms with Crippen LogP contribution in [0.1, 0.15) is 6.92 Å². The molecule has 2 aromatic carbocycles. The summed E-state index contributed by atoms with van der Waals surface area (Å²) in [6.07, 6.45) is 0. The molecule has 0 aromatic heterocycles. The third-order valence-corrected chi connectivity index (χ3v) is 4.70. The summed E-state index contributed by atoms with van der Waals surface area (Å²) in [5.74, 6) is 0.0215. The van der Waals surface area contributed by atoms with Gasteiger partial charge in [0.2, 0.25) is 0 Å². The molecule has 0 saturated carbocycles. The van der Waals surface area contributed by atoms with Gasteiger partial charge in [-0.1, -0.05) is 35.3 Å². The number of anilines is 2. The van der Waals surface area contributed by atoms with E-state index >= 15 is 0 Å². The summed E-state index contributed by atoms with van der Waals surface area (Å²) in [4.78, 5) is 25.5. The molecule has 27 heavy (non-hydrogen) atoms. The van der Waals surface area contributed by atoms with Crippen molar-refractivity contribution in [2.45, 2.75) is 13.0 Å². The number of hydrogen-bond donors (Lipinski definition) is 3. The molecular formula is C19H22Cl2N3O3+. The smallest absolute Gasteiger partial charge is 0.282 e. The van der Waals surface area contributed by atoms with Gasteiger partial charge in [0, 0.05) is 5.02 Å². The van der Waals surface area contributed by atoms with E-state index in [4.69, 9.17) is 27.9 Å². The van der Waals surface area contributed by atoms with Crippen LogP contribution in [-0.4, -0.2) is 38.6 Å². The lowest BCUT2D eigenvalue weighted by molar-refractivity contribution is -0.885. The summed E-state index contributed by atoms with van der Waals surface area (Å²) < 4.78 is 5.23. The first-order valence-corrected chi connectivity index (χ1v) is 9.08. The average Bonchev–Trinajstić information content (AvgIpc) is 2.63. The SMILES string of the molecule is COc1ccc(Cl)cc1NC(=O)[C@H](C)[NH+](C)CC(=O)Nc1ccccc1Cl. The van der Waals surface area contributed by atoms with Crippen LogP contribution in [0.3, 0.4) is 0 Å². The highest BCUT2D eigenvalue weighted by Crippen LogP contribution is 2.27. The largest absolute Gasteiger partial charge is 0.495 e. The summed E-state index contributed by atoms with van der Waals surface area (Å²) in [6.45, 7) is 1.84. The first kappa shape index (κ1) is 21.0. The number of nitrogens with one attached hydrogen (secondary N) is 3. The van der Waals surface area contributed by atoms with E-state index in [1.54, 1.807) is 56.4 Å². The summed E-state index contributed by atoms with van der Waals surface area (Å²) in [5.41, 5.74) is 1.02. The molecule has 6 nitrogen and oxygen atoms in total. The third kappa shape index (κ3) is 5.85. The van der Waals surface area contributed by atoms with E-state index in [0.29, 0.717) is 27.2 Å². The maximum atomic E-state index is 12.5. The molecule has 0 fully saturated rings. The minimum absolute atomic E-state index is 0.104. The molecule has 8 heteroatoms. The van der Waals surface area contributed by atoms with Gasteiger partial charge in [-0.05, 0) is 37.3 Å². The fraction of sp³-hybridized carbons (Fsp3) is 0.263. The van der Waals surface area contributed by atoms with Gasteiger partial charge < -0.3 is 20.3 Å². The Morgan fingerprint density at radius 3 is 2.48 bits per heavy atom. The molecule has 2 amide bonds. The van der Waals surface area contributed by atoms with Crippen molar-refractivity contribution in [3.8, 4) is 5.75 Å². The van der Waals surface area contributed by atoms with Crippen LogP contribution in [0.25, 0.3) is 0 Å². The van der Waals surface area contributed by atoms with Crippen molar-refractivity contribution in [3.63, 3.8) is 0 Å². The summed E-state index contributed by atoms with van der Waals surface area (Å²) in [5, 5.41) is 6.49. The number of ether oxygens (including phenoxy) is 1.